The molecule has 0 aromatic heterocycles. The number of amides is 2. The molecule has 0 fully saturated rings. The molecule has 0 aliphatic heterocycles. The van der Waals surface area contributed by atoms with Crippen molar-refractivity contribution in [3.8, 4) is 5.75 Å². The van der Waals surface area contributed by atoms with E-state index in [1.807, 2.05) is 27.7 Å². The highest BCUT2D eigenvalue weighted by Crippen LogP contribution is 2.18. The summed E-state index contributed by atoms with van der Waals surface area (Å²) < 4.78 is 5.58. The fraction of sp³-hybridized carbons (Fsp3) is 0.333. The molecule has 2 aromatic rings. The zero-order valence-corrected chi connectivity index (χ0v) is 15.7. The molecule has 0 aliphatic carbocycles. The van der Waals surface area contributed by atoms with Gasteiger partial charge in [0.2, 0.25) is 0 Å². The molecule has 2 aromatic carbocycles. The lowest BCUT2D eigenvalue weighted by atomic mass is 10.1. The van der Waals surface area contributed by atoms with Crippen molar-refractivity contribution < 1.29 is 14.3 Å². The smallest absolute Gasteiger partial charge is 0.255 e. The highest BCUT2D eigenvalue weighted by Gasteiger charge is 2.15. The summed E-state index contributed by atoms with van der Waals surface area (Å²) in [7, 11) is 0. The third-order valence-electron chi connectivity index (χ3n) is 3.90. The van der Waals surface area contributed by atoms with Gasteiger partial charge in [-0.05, 0) is 63.6 Å². The third kappa shape index (κ3) is 5.34. The third-order valence-corrected chi connectivity index (χ3v) is 3.90. The first-order chi connectivity index (χ1) is 12.4. The summed E-state index contributed by atoms with van der Waals surface area (Å²) >= 11 is 0. The molecule has 0 unspecified atom stereocenters. The summed E-state index contributed by atoms with van der Waals surface area (Å²) in [5.74, 6) is 0.241. The van der Waals surface area contributed by atoms with E-state index < -0.39 is 0 Å². The Morgan fingerprint density at radius 2 is 1.62 bits per heavy atom. The van der Waals surface area contributed by atoms with Crippen molar-refractivity contribution >= 4 is 17.5 Å². The van der Waals surface area contributed by atoms with E-state index >= 15 is 0 Å². The van der Waals surface area contributed by atoms with Gasteiger partial charge in [0.15, 0.2) is 0 Å². The summed E-state index contributed by atoms with van der Waals surface area (Å²) in [4.78, 5) is 24.9. The van der Waals surface area contributed by atoms with Crippen LogP contribution < -0.4 is 15.4 Å². The molecular weight excluding hydrogens is 328 g/mol. The van der Waals surface area contributed by atoms with E-state index in [9.17, 15) is 9.59 Å². The molecule has 0 heterocycles. The monoisotopic (exact) mass is 354 g/mol. The Balaban J connectivity index is 2.13. The van der Waals surface area contributed by atoms with Crippen molar-refractivity contribution in [2.24, 2.45) is 0 Å². The average molecular weight is 354 g/mol. The lowest BCUT2D eigenvalue weighted by Gasteiger charge is -2.15. The van der Waals surface area contributed by atoms with Gasteiger partial charge in [-0.25, -0.2) is 0 Å². The van der Waals surface area contributed by atoms with Crippen molar-refractivity contribution in [2.45, 2.75) is 46.3 Å². The molecule has 5 nitrogen and oxygen atoms in total. The molecule has 0 aliphatic rings. The second-order valence-electron chi connectivity index (χ2n) is 6.47. The summed E-state index contributed by atoms with van der Waals surface area (Å²) in [6.45, 7) is 7.84. The van der Waals surface area contributed by atoms with E-state index in [1.54, 1.807) is 48.5 Å². The standard InChI is InChI=1S/C21H26N2O3/c1-5-15(4)22-21(25)18-8-6-7-9-19(18)23-20(24)16-10-12-17(13-11-16)26-14(2)3/h6-15H,5H2,1-4H3,(H,22,25)(H,23,24)/t15-/m0/s1. The zero-order valence-electron chi connectivity index (χ0n) is 15.7. The van der Waals surface area contributed by atoms with Crippen molar-refractivity contribution in [2.75, 3.05) is 5.32 Å². The second-order valence-corrected chi connectivity index (χ2v) is 6.47. The van der Waals surface area contributed by atoms with E-state index in [0.717, 1.165) is 6.42 Å². The molecule has 26 heavy (non-hydrogen) atoms. The Kier molecular flexibility index (Phi) is 6.78. The summed E-state index contributed by atoms with van der Waals surface area (Å²) in [5, 5.41) is 5.74. The fourth-order valence-electron chi connectivity index (χ4n) is 2.35. The van der Waals surface area contributed by atoms with E-state index in [4.69, 9.17) is 4.74 Å². The molecule has 1 atom stereocenters. The minimum Gasteiger partial charge on any atom is -0.491 e. The average Bonchev–Trinajstić information content (AvgIpc) is 2.62. The van der Waals surface area contributed by atoms with Crippen LogP contribution in [0.15, 0.2) is 48.5 Å². The van der Waals surface area contributed by atoms with Crippen LogP contribution in [-0.4, -0.2) is 24.0 Å². The minimum absolute atomic E-state index is 0.0692. The topological polar surface area (TPSA) is 67.4 Å². The highest BCUT2D eigenvalue weighted by atomic mass is 16.5. The van der Waals surface area contributed by atoms with Gasteiger partial charge in [0.1, 0.15) is 5.75 Å². The minimum atomic E-state index is -0.273. The number of carbonyl (C=O) groups excluding carboxylic acids is 2. The fourth-order valence-corrected chi connectivity index (χ4v) is 2.35. The maximum atomic E-state index is 12.5. The van der Waals surface area contributed by atoms with Crippen molar-refractivity contribution in [3.05, 3.63) is 59.7 Å². The Bertz CT molecular complexity index is 754. The zero-order chi connectivity index (χ0) is 19.1. The van der Waals surface area contributed by atoms with Crippen LogP contribution in [0, 0.1) is 0 Å². The van der Waals surface area contributed by atoms with Gasteiger partial charge in [-0.2, -0.15) is 0 Å². The number of rotatable bonds is 7. The van der Waals surface area contributed by atoms with Crippen LogP contribution in [0.1, 0.15) is 54.8 Å². The maximum absolute atomic E-state index is 12.5. The van der Waals surface area contributed by atoms with Crippen LogP contribution in [0.4, 0.5) is 5.69 Å². The first-order valence-electron chi connectivity index (χ1n) is 8.88. The predicted octanol–water partition coefficient (Wildman–Crippen LogP) is 4.25. The Morgan fingerprint density at radius 1 is 0.962 bits per heavy atom. The first kappa shape index (κ1) is 19.5. The van der Waals surface area contributed by atoms with E-state index in [0.29, 0.717) is 22.6 Å². The van der Waals surface area contributed by atoms with Gasteiger partial charge in [-0.15, -0.1) is 0 Å². The highest BCUT2D eigenvalue weighted by molar-refractivity contribution is 6.09. The second kappa shape index (κ2) is 9.04. The number of para-hydroxylation sites is 1. The molecular formula is C21H26N2O3. The van der Waals surface area contributed by atoms with Gasteiger partial charge in [0.05, 0.1) is 17.4 Å². The largest absolute Gasteiger partial charge is 0.491 e. The van der Waals surface area contributed by atoms with Crippen molar-refractivity contribution in [1.82, 2.24) is 5.32 Å². The summed E-state index contributed by atoms with van der Waals surface area (Å²) in [5.41, 5.74) is 1.43. The number of ether oxygens (including phenoxy) is 1. The Labute approximate surface area is 154 Å². The van der Waals surface area contributed by atoms with Gasteiger partial charge < -0.3 is 15.4 Å². The Morgan fingerprint density at radius 3 is 2.23 bits per heavy atom. The number of anilines is 1. The van der Waals surface area contributed by atoms with Gasteiger partial charge in [0.25, 0.3) is 11.8 Å². The molecule has 0 spiro atoms. The van der Waals surface area contributed by atoms with E-state index in [2.05, 4.69) is 10.6 Å². The molecule has 2 amide bonds. The van der Waals surface area contributed by atoms with Gasteiger partial charge in [-0.3, -0.25) is 9.59 Å². The normalized spacial score (nSPS) is 11.7. The SMILES string of the molecule is CC[C@H](C)NC(=O)c1ccccc1NC(=O)c1ccc(OC(C)C)cc1. The molecule has 0 saturated carbocycles. The molecule has 138 valence electrons. The molecule has 5 heteroatoms. The lowest BCUT2D eigenvalue weighted by molar-refractivity contribution is 0.0940. The molecule has 2 rings (SSSR count). The number of hydrogen-bond acceptors (Lipinski definition) is 3. The Hall–Kier alpha value is -2.82. The van der Waals surface area contributed by atoms with Gasteiger partial charge >= 0.3 is 0 Å². The van der Waals surface area contributed by atoms with Gasteiger partial charge in [0, 0.05) is 11.6 Å². The lowest BCUT2D eigenvalue weighted by Crippen LogP contribution is -2.32. The quantitative estimate of drug-likeness (QED) is 0.781. The predicted molar refractivity (Wildman–Crippen MR) is 104 cm³/mol. The van der Waals surface area contributed by atoms with Gasteiger partial charge in [-0.1, -0.05) is 19.1 Å². The summed E-state index contributed by atoms with van der Waals surface area (Å²) in [6.07, 6.45) is 0.913. The van der Waals surface area contributed by atoms with Crippen molar-refractivity contribution in [3.63, 3.8) is 0 Å². The summed E-state index contributed by atoms with van der Waals surface area (Å²) in [6, 6.07) is 14.0. The van der Waals surface area contributed by atoms with E-state index in [1.165, 1.54) is 0 Å². The van der Waals surface area contributed by atoms with Crippen LogP contribution in [-0.2, 0) is 0 Å². The number of nitrogens with one attached hydrogen (secondary N) is 2. The van der Waals surface area contributed by atoms with Crippen LogP contribution >= 0.6 is 0 Å². The van der Waals surface area contributed by atoms with Crippen LogP contribution in [0.3, 0.4) is 0 Å². The first-order valence-corrected chi connectivity index (χ1v) is 8.88. The number of hydrogen-bond donors (Lipinski definition) is 2. The number of benzene rings is 2. The molecule has 0 radical (unpaired) electrons. The van der Waals surface area contributed by atoms with Crippen LogP contribution in [0.25, 0.3) is 0 Å². The number of carbonyl (C=O) groups is 2. The molecule has 0 bridgehead atoms. The van der Waals surface area contributed by atoms with Crippen molar-refractivity contribution in [1.29, 1.82) is 0 Å². The molecule has 0 saturated heterocycles. The van der Waals surface area contributed by atoms with Crippen LogP contribution in [0.5, 0.6) is 5.75 Å². The molecule has 2 N–H and O–H groups in total. The van der Waals surface area contributed by atoms with Crippen LogP contribution in [0.2, 0.25) is 0 Å². The maximum Gasteiger partial charge on any atom is 0.255 e. The van der Waals surface area contributed by atoms with E-state index in [-0.39, 0.29) is 24.0 Å².